The van der Waals surface area contributed by atoms with E-state index in [-0.39, 0.29) is 11.6 Å². The summed E-state index contributed by atoms with van der Waals surface area (Å²) < 4.78 is 18.6. The number of carbonyl (C=O) groups excluding carboxylic acids is 1. The third-order valence-electron chi connectivity index (χ3n) is 5.23. The van der Waals surface area contributed by atoms with E-state index >= 15 is 0 Å². The first-order valence-corrected chi connectivity index (χ1v) is 9.47. The summed E-state index contributed by atoms with van der Waals surface area (Å²) in [5, 5.41) is 0.935. The molecule has 0 saturated heterocycles. The lowest BCUT2D eigenvalue weighted by Crippen LogP contribution is -2.41. The van der Waals surface area contributed by atoms with E-state index in [0.717, 1.165) is 41.0 Å². The minimum Gasteiger partial charge on any atom is -0.497 e. The molecule has 0 atom stereocenters. The normalized spacial score (nSPS) is 15.3. The second-order valence-electron chi connectivity index (χ2n) is 7.06. The Labute approximate surface area is 167 Å². The molecule has 2 aliphatic rings. The van der Waals surface area contributed by atoms with Crippen molar-refractivity contribution in [1.29, 1.82) is 0 Å². The van der Waals surface area contributed by atoms with Gasteiger partial charge in [0.15, 0.2) is 5.78 Å². The van der Waals surface area contributed by atoms with Crippen molar-refractivity contribution in [3.8, 4) is 5.75 Å². The van der Waals surface area contributed by atoms with Gasteiger partial charge in [-0.15, -0.1) is 0 Å². The van der Waals surface area contributed by atoms with E-state index in [2.05, 4.69) is 4.99 Å². The van der Waals surface area contributed by atoms with Crippen LogP contribution in [0.15, 0.2) is 59.1 Å². The van der Waals surface area contributed by atoms with E-state index in [1.54, 1.807) is 7.11 Å². The second kappa shape index (κ2) is 6.81. The molecule has 0 saturated carbocycles. The van der Waals surface area contributed by atoms with Crippen LogP contribution in [0.3, 0.4) is 0 Å². The number of fused-ring (bicyclic) bond motifs is 4. The molecule has 0 unspecified atom stereocenters. The number of anilines is 1. The smallest absolute Gasteiger partial charge is 0.196 e. The number of pyridine rings is 1. The molecule has 5 nitrogen and oxygen atoms in total. The monoisotopic (exact) mass is 387 g/mol. The largest absolute Gasteiger partial charge is 0.497 e. The minimum atomic E-state index is -0.370. The van der Waals surface area contributed by atoms with Gasteiger partial charge in [-0.25, -0.2) is 9.37 Å². The maximum atomic E-state index is 13.3. The van der Waals surface area contributed by atoms with Gasteiger partial charge in [0.05, 0.1) is 18.2 Å². The van der Waals surface area contributed by atoms with E-state index in [1.165, 1.54) is 24.3 Å². The molecule has 6 heteroatoms. The molecule has 0 bridgehead atoms. The maximum absolute atomic E-state index is 13.3. The number of carbonyl (C=O) groups is 1. The van der Waals surface area contributed by atoms with Crippen molar-refractivity contribution in [3.05, 3.63) is 71.0 Å². The molecule has 0 fully saturated rings. The minimum absolute atomic E-state index is 0.174. The van der Waals surface area contributed by atoms with Crippen molar-refractivity contribution in [2.45, 2.75) is 6.42 Å². The van der Waals surface area contributed by atoms with Gasteiger partial charge in [0, 0.05) is 29.6 Å². The highest BCUT2D eigenvalue weighted by Crippen LogP contribution is 2.34. The van der Waals surface area contributed by atoms with Crippen LogP contribution in [0.4, 0.5) is 10.2 Å². The molecule has 0 amide bonds. The molecule has 0 radical (unpaired) electrons. The van der Waals surface area contributed by atoms with Crippen LogP contribution in [0.25, 0.3) is 17.0 Å². The molecule has 29 heavy (non-hydrogen) atoms. The maximum Gasteiger partial charge on any atom is 0.196 e. The van der Waals surface area contributed by atoms with Crippen molar-refractivity contribution < 1.29 is 13.9 Å². The Bertz CT molecular complexity index is 1200. The average Bonchev–Trinajstić information content (AvgIpc) is 2.77. The fraction of sp³-hybridized carbons (Fsp3) is 0.174. The van der Waals surface area contributed by atoms with Crippen LogP contribution < -0.4 is 9.64 Å². The number of Topliss-reactive ketones (excluding diaryl/α,β-unsaturated/α-hetero) is 1. The SMILES string of the molecule is COc1ccc2nc3c(cc2c1)C=C(C(=O)c1ccc(F)cc1)C1=NCCCN13. The summed E-state index contributed by atoms with van der Waals surface area (Å²) in [6.07, 6.45) is 2.73. The van der Waals surface area contributed by atoms with Crippen LogP contribution in [0.1, 0.15) is 22.3 Å². The van der Waals surface area contributed by atoms with E-state index in [1.807, 2.05) is 35.2 Å². The first kappa shape index (κ1) is 17.6. The molecule has 3 aromatic rings. The van der Waals surface area contributed by atoms with E-state index < -0.39 is 0 Å². The molecule has 1 aromatic heterocycles. The van der Waals surface area contributed by atoms with Crippen molar-refractivity contribution in [3.63, 3.8) is 0 Å². The average molecular weight is 387 g/mol. The highest BCUT2D eigenvalue weighted by atomic mass is 19.1. The number of rotatable bonds is 3. The lowest BCUT2D eigenvalue weighted by atomic mass is 9.95. The number of hydrogen-bond donors (Lipinski definition) is 0. The van der Waals surface area contributed by atoms with Gasteiger partial charge in [-0.2, -0.15) is 0 Å². The van der Waals surface area contributed by atoms with Gasteiger partial charge in [0.25, 0.3) is 0 Å². The van der Waals surface area contributed by atoms with Crippen LogP contribution in [0, 0.1) is 5.82 Å². The van der Waals surface area contributed by atoms with Crippen LogP contribution in [-0.2, 0) is 0 Å². The fourth-order valence-electron chi connectivity index (χ4n) is 3.80. The second-order valence-corrected chi connectivity index (χ2v) is 7.06. The Balaban J connectivity index is 1.68. The molecule has 144 valence electrons. The Morgan fingerprint density at radius 1 is 1.14 bits per heavy atom. The standard InChI is InChI=1S/C23H18FN3O2/c1-29-18-7-8-20-15(12-18)11-16-13-19(21(28)14-3-5-17(24)6-4-14)23-25-9-2-10-27(23)22(16)26-20/h3-8,11-13H,2,9-10H2,1H3. The molecule has 2 aromatic carbocycles. The Morgan fingerprint density at radius 3 is 2.76 bits per heavy atom. The highest BCUT2D eigenvalue weighted by molar-refractivity contribution is 6.35. The summed E-state index contributed by atoms with van der Waals surface area (Å²) in [5.41, 5.74) is 2.66. The van der Waals surface area contributed by atoms with Crippen LogP contribution >= 0.6 is 0 Å². The van der Waals surface area contributed by atoms with E-state index in [9.17, 15) is 9.18 Å². The summed E-state index contributed by atoms with van der Waals surface area (Å²) >= 11 is 0. The number of benzene rings is 2. The molecule has 3 heterocycles. The first-order chi connectivity index (χ1) is 14.1. The number of halogens is 1. The fourth-order valence-corrected chi connectivity index (χ4v) is 3.80. The Morgan fingerprint density at radius 2 is 1.97 bits per heavy atom. The van der Waals surface area contributed by atoms with Gasteiger partial charge in [-0.1, -0.05) is 0 Å². The number of ether oxygens (including phenoxy) is 1. The van der Waals surface area contributed by atoms with Gasteiger partial charge in [0.1, 0.15) is 23.2 Å². The lowest BCUT2D eigenvalue weighted by molar-refractivity contribution is 0.104. The zero-order valence-electron chi connectivity index (χ0n) is 15.9. The van der Waals surface area contributed by atoms with Gasteiger partial charge >= 0.3 is 0 Å². The summed E-state index contributed by atoms with van der Waals surface area (Å²) in [5.74, 6) is 1.65. The molecular weight excluding hydrogens is 369 g/mol. The zero-order chi connectivity index (χ0) is 20.0. The van der Waals surface area contributed by atoms with Crippen molar-refractivity contribution in [2.75, 3.05) is 25.1 Å². The van der Waals surface area contributed by atoms with Crippen LogP contribution in [-0.4, -0.2) is 36.8 Å². The van der Waals surface area contributed by atoms with Gasteiger partial charge in [0.2, 0.25) is 0 Å². The number of aliphatic imine (C=N–C) groups is 1. The van der Waals surface area contributed by atoms with Crippen molar-refractivity contribution in [2.24, 2.45) is 4.99 Å². The third kappa shape index (κ3) is 2.97. The predicted octanol–water partition coefficient (Wildman–Crippen LogP) is 4.27. The number of aromatic nitrogens is 1. The predicted molar refractivity (Wildman–Crippen MR) is 111 cm³/mol. The Hall–Kier alpha value is -3.54. The number of hydrogen-bond acceptors (Lipinski definition) is 5. The molecule has 0 spiro atoms. The molecular formula is C23H18FN3O2. The summed E-state index contributed by atoms with van der Waals surface area (Å²) in [4.78, 5) is 24.7. The van der Waals surface area contributed by atoms with Gasteiger partial charge < -0.3 is 9.64 Å². The molecule has 2 aliphatic heterocycles. The zero-order valence-corrected chi connectivity index (χ0v) is 15.9. The summed E-state index contributed by atoms with van der Waals surface area (Å²) in [6.45, 7) is 1.41. The molecule has 0 N–H and O–H groups in total. The Kier molecular flexibility index (Phi) is 4.12. The van der Waals surface area contributed by atoms with E-state index in [4.69, 9.17) is 9.72 Å². The van der Waals surface area contributed by atoms with Crippen molar-refractivity contribution >= 4 is 34.4 Å². The lowest BCUT2D eigenvalue weighted by Gasteiger charge is -2.33. The molecule has 5 rings (SSSR count). The van der Waals surface area contributed by atoms with Gasteiger partial charge in [-0.05, 0) is 61.0 Å². The topological polar surface area (TPSA) is 54.8 Å². The first-order valence-electron chi connectivity index (χ1n) is 9.47. The molecule has 0 aliphatic carbocycles. The van der Waals surface area contributed by atoms with Crippen molar-refractivity contribution in [1.82, 2.24) is 4.98 Å². The number of methoxy groups -OCH3 is 1. The van der Waals surface area contributed by atoms with Crippen LogP contribution in [0.5, 0.6) is 5.75 Å². The highest BCUT2D eigenvalue weighted by Gasteiger charge is 2.32. The van der Waals surface area contributed by atoms with E-state index in [0.29, 0.717) is 23.5 Å². The quantitative estimate of drug-likeness (QED) is 0.630. The summed E-state index contributed by atoms with van der Waals surface area (Å²) in [6, 6.07) is 13.4. The number of nitrogens with zero attached hydrogens (tertiary/aromatic N) is 3. The number of ketones is 1. The number of amidine groups is 1. The van der Waals surface area contributed by atoms with Gasteiger partial charge in [-0.3, -0.25) is 9.79 Å². The third-order valence-corrected chi connectivity index (χ3v) is 5.23. The van der Waals surface area contributed by atoms with Crippen LogP contribution in [0.2, 0.25) is 0 Å². The summed E-state index contributed by atoms with van der Waals surface area (Å²) in [7, 11) is 1.63.